The fourth-order valence-corrected chi connectivity index (χ4v) is 2.87. The van der Waals surface area contributed by atoms with E-state index in [1.165, 1.54) is 13.3 Å². The summed E-state index contributed by atoms with van der Waals surface area (Å²) >= 11 is 0. The van der Waals surface area contributed by atoms with E-state index in [4.69, 9.17) is 14.2 Å². The van der Waals surface area contributed by atoms with Crippen molar-refractivity contribution in [1.29, 1.82) is 0 Å². The Balaban J connectivity index is 1.59. The van der Waals surface area contributed by atoms with E-state index in [1.54, 1.807) is 42.5 Å². The average Bonchev–Trinajstić information content (AvgIpc) is 2.84. The van der Waals surface area contributed by atoms with Gasteiger partial charge < -0.3 is 19.5 Å². The second kappa shape index (κ2) is 11.9. The molecule has 33 heavy (non-hydrogen) atoms. The van der Waals surface area contributed by atoms with Gasteiger partial charge in [0.15, 0.2) is 11.5 Å². The van der Waals surface area contributed by atoms with E-state index < -0.39 is 11.8 Å². The van der Waals surface area contributed by atoms with Crippen molar-refractivity contribution in [1.82, 2.24) is 5.43 Å². The number of carbonyl (C=O) groups is 2. The Morgan fingerprint density at radius 3 is 2.39 bits per heavy atom. The molecule has 0 saturated heterocycles. The molecule has 3 rings (SSSR count). The third-order valence-corrected chi connectivity index (χ3v) is 4.45. The van der Waals surface area contributed by atoms with Crippen molar-refractivity contribution in [2.45, 2.75) is 13.5 Å². The molecule has 8 nitrogen and oxygen atoms in total. The Morgan fingerprint density at radius 1 is 0.879 bits per heavy atom. The highest BCUT2D eigenvalue weighted by Crippen LogP contribution is 2.29. The van der Waals surface area contributed by atoms with Gasteiger partial charge in [-0.2, -0.15) is 5.10 Å². The molecule has 170 valence electrons. The molecule has 0 atom stereocenters. The fourth-order valence-electron chi connectivity index (χ4n) is 2.87. The monoisotopic (exact) mass is 447 g/mol. The first kappa shape index (κ1) is 23.3. The molecule has 0 spiro atoms. The summed E-state index contributed by atoms with van der Waals surface area (Å²) in [5, 5.41) is 6.34. The number of ether oxygens (including phenoxy) is 3. The molecule has 0 saturated carbocycles. The van der Waals surface area contributed by atoms with Crippen LogP contribution in [0.3, 0.4) is 0 Å². The number of anilines is 1. The van der Waals surface area contributed by atoms with Gasteiger partial charge >= 0.3 is 11.8 Å². The lowest BCUT2D eigenvalue weighted by atomic mass is 10.2. The Labute approximate surface area is 192 Å². The molecule has 0 aliphatic heterocycles. The normalized spacial score (nSPS) is 10.5. The van der Waals surface area contributed by atoms with E-state index in [9.17, 15) is 9.59 Å². The first-order valence-corrected chi connectivity index (χ1v) is 10.3. The lowest BCUT2D eigenvalue weighted by Gasteiger charge is -2.12. The van der Waals surface area contributed by atoms with Crippen molar-refractivity contribution in [3.05, 3.63) is 83.9 Å². The Morgan fingerprint density at radius 2 is 1.64 bits per heavy atom. The maximum absolute atomic E-state index is 12.1. The van der Waals surface area contributed by atoms with Crippen LogP contribution in [0.1, 0.15) is 18.1 Å². The van der Waals surface area contributed by atoms with Gasteiger partial charge in [-0.25, -0.2) is 5.43 Å². The van der Waals surface area contributed by atoms with Crippen LogP contribution in [0.2, 0.25) is 0 Å². The van der Waals surface area contributed by atoms with Crippen molar-refractivity contribution in [3.63, 3.8) is 0 Å². The van der Waals surface area contributed by atoms with Gasteiger partial charge in [0.1, 0.15) is 12.4 Å². The molecule has 0 fully saturated rings. The van der Waals surface area contributed by atoms with E-state index in [2.05, 4.69) is 15.8 Å². The summed E-state index contributed by atoms with van der Waals surface area (Å²) < 4.78 is 16.7. The summed E-state index contributed by atoms with van der Waals surface area (Å²) in [6.45, 7) is 2.75. The van der Waals surface area contributed by atoms with Crippen LogP contribution in [0, 0.1) is 0 Å². The molecule has 0 aliphatic carbocycles. The van der Waals surface area contributed by atoms with Crippen molar-refractivity contribution in [3.8, 4) is 17.2 Å². The van der Waals surface area contributed by atoms with Crippen LogP contribution < -0.4 is 25.0 Å². The van der Waals surface area contributed by atoms with Gasteiger partial charge in [-0.05, 0) is 48.4 Å². The number of rotatable bonds is 9. The van der Waals surface area contributed by atoms with E-state index >= 15 is 0 Å². The molecule has 0 unspecified atom stereocenters. The summed E-state index contributed by atoms with van der Waals surface area (Å²) in [4.78, 5) is 24.2. The van der Waals surface area contributed by atoms with Gasteiger partial charge in [-0.1, -0.05) is 42.5 Å². The predicted octanol–water partition coefficient (Wildman–Crippen LogP) is 3.76. The number of amides is 2. The minimum absolute atomic E-state index is 0.386. The standard InChI is InChI=1S/C25H25N3O5/c1-3-32-23-15-19(13-14-22(23)33-17-18-9-5-4-6-10-18)16-26-28-25(30)24(29)27-20-11-7-8-12-21(20)31-2/h4-16H,3,17H2,1-2H3,(H,27,29)(H,28,30)/b26-16-. The lowest BCUT2D eigenvalue weighted by Crippen LogP contribution is -2.32. The first-order valence-electron chi connectivity index (χ1n) is 10.3. The summed E-state index contributed by atoms with van der Waals surface area (Å²) in [6.07, 6.45) is 1.41. The van der Waals surface area contributed by atoms with Gasteiger partial charge in [0.2, 0.25) is 0 Å². The van der Waals surface area contributed by atoms with Crippen molar-refractivity contribution < 1.29 is 23.8 Å². The molecule has 0 aromatic heterocycles. The maximum atomic E-state index is 12.1. The number of methoxy groups -OCH3 is 1. The topological polar surface area (TPSA) is 98.2 Å². The van der Waals surface area contributed by atoms with E-state index in [0.717, 1.165) is 5.56 Å². The molecule has 0 heterocycles. The highest BCUT2D eigenvalue weighted by atomic mass is 16.5. The molecule has 8 heteroatoms. The number of nitrogens with one attached hydrogen (secondary N) is 2. The SMILES string of the molecule is CCOc1cc(/C=N\NC(=O)C(=O)Nc2ccccc2OC)ccc1OCc1ccccc1. The van der Waals surface area contributed by atoms with Crippen LogP contribution in [-0.2, 0) is 16.2 Å². The third kappa shape index (κ3) is 6.83. The van der Waals surface area contributed by atoms with Gasteiger partial charge in [0.25, 0.3) is 0 Å². The van der Waals surface area contributed by atoms with Gasteiger partial charge in [0, 0.05) is 0 Å². The zero-order valence-electron chi connectivity index (χ0n) is 18.4. The van der Waals surface area contributed by atoms with E-state index in [0.29, 0.717) is 41.7 Å². The number of nitrogens with zero attached hydrogens (tertiary/aromatic N) is 1. The van der Waals surface area contributed by atoms with Crippen molar-refractivity contribution in [2.24, 2.45) is 5.10 Å². The minimum Gasteiger partial charge on any atom is -0.495 e. The largest absolute Gasteiger partial charge is 0.495 e. The third-order valence-electron chi connectivity index (χ3n) is 4.45. The molecular formula is C25H25N3O5. The lowest BCUT2D eigenvalue weighted by molar-refractivity contribution is -0.136. The molecule has 0 bridgehead atoms. The number of hydrazone groups is 1. The molecular weight excluding hydrogens is 422 g/mol. The van der Waals surface area contributed by atoms with Crippen LogP contribution in [0.25, 0.3) is 0 Å². The summed E-state index contributed by atoms with van der Waals surface area (Å²) in [7, 11) is 1.48. The quantitative estimate of drug-likeness (QED) is 0.296. The Hall–Kier alpha value is -4.33. The van der Waals surface area contributed by atoms with Gasteiger partial charge in [-0.15, -0.1) is 0 Å². The maximum Gasteiger partial charge on any atom is 0.329 e. The second-order valence-corrected chi connectivity index (χ2v) is 6.77. The predicted molar refractivity (Wildman–Crippen MR) is 126 cm³/mol. The van der Waals surface area contributed by atoms with Gasteiger partial charge in [0.05, 0.1) is 25.6 Å². The highest BCUT2D eigenvalue weighted by Gasteiger charge is 2.15. The number of hydrogen-bond donors (Lipinski definition) is 2. The smallest absolute Gasteiger partial charge is 0.329 e. The first-order chi connectivity index (χ1) is 16.1. The van der Waals surface area contributed by atoms with E-state index in [-0.39, 0.29) is 0 Å². The Bertz CT molecular complexity index is 1120. The Kier molecular flexibility index (Phi) is 8.41. The molecule has 3 aromatic carbocycles. The fraction of sp³-hybridized carbons (Fsp3) is 0.160. The summed E-state index contributed by atoms with van der Waals surface area (Å²) in [5.74, 6) is -0.183. The van der Waals surface area contributed by atoms with Crippen LogP contribution >= 0.6 is 0 Å². The second-order valence-electron chi connectivity index (χ2n) is 6.77. The van der Waals surface area contributed by atoms with Crippen LogP contribution in [0.15, 0.2) is 77.9 Å². The van der Waals surface area contributed by atoms with Crippen molar-refractivity contribution >= 4 is 23.7 Å². The molecule has 0 aliphatic rings. The molecule has 2 amide bonds. The molecule has 0 radical (unpaired) electrons. The molecule has 2 N–H and O–H groups in total. The van der Waals surface area contributed by atoms with E-state index in [1.807, 2.05) is 37.3 Å². The molecule has 3 aromatic rings. The zero-order chi connectivity index (χ0) is 23.5. The number of hydrogen-bond acceptors (Lipinski definition) is 6. The number of para-hydroxylation sites is 2. The summed E-state index contributed by atoms with van der Waals surface area (Å²) in [5.41, 5.74) is 4.30. The average molecular weight is 447 g/mol. The highest BCUT2D eigenvalue weighted by molar-refractivity contribution is 6.39. The summed E-state index contributed by atoms with van der Waals surface area (Å²) in [6, 6.07) is 21.9. The minimum atomic E-state index is -0.912. The van der Waals surface area contributed by atoms with Crippen LogP contribution in [0.4, 0.5) is 5.69 Å². The number of carbonyl (C=O) groups excluding carboxylic acids is 2. The van der Waals surface area contributed by atoms with Crippen LogP contribution in [-0.4, -0.2) is 31.7 Å². The van der Waals surface area contributed by atoms with Gasteiger partial charge in [-0.3, -0.25) is 9.59 Å². The number of benzene rings is 3. The van der Waals surface area contributed by atoms with Crippen molar-refractivity contribution in [2.75, 3.05) is 19.0 Å². The zero-order valence-corrected chi connectivity index (χ0v) is 18.4. The van der Waals surface area contributed by atoms with Crippen LogP contribution in [0.5, 0.6) is 17.2 Å².